The van der Waals surface area contributed by atoms with Crippen LogP contribution in [0.5, 0.6) is 0 Å². The molecular weight excluding hydrogens is 235 g/mol. The van der Waals surface area contributed by atoms with E-state index in [2.05, 4.69) is 5.32 Å². The second-order valence-electron chi connectivity index (χ2n) is 4.84. The van der Waals surface area contributed by atoms with Crippen molar-refractivity contribution in [3.05, 3.63) is 0 Å². The molecule has 0 bridgehead atoms. The highest BCUT2D eigenvalue weighted by atomic mass is 19.4. The summed E-state index contributed by atoms with van der Waals surface area (Å²) in [6, 6.07) is -1.08. The zero-order valence-corrected chi connectivity index (χ0v) is 9.76. The average molecular weight is 253 g/mol. The Hall–Kier alpha value is -0.780. The summed E-state index contributed by atoms with van der Waals surface area (Å²) in [5.74, 6) is -0.991. The van der Waals surface area contributed by atoms with Gasteiger partial charge in [-0.15, -0.1) is 0 Å². The van der Waals surface area contributed by atoms with Gasteiger partial charge in [0.15, 0.2) is 0 Å². The molecule has 100 valence electrons. The van der Waals surface area contributed by atoms with E-state index in [9.17, 15) is 18.0 Å². The molecular formula is C11H18F3NO2. The van der Waals surface area contributed by atoms with Gasteiger partial charge in [-0.1, -0.05) is 19.8 Å². The molecule has 1 fully saturated rings. The maximum absolute atomic E-state index is 12.1. The molecule has 1 saturated carbocycles. The molecule has 0 aromatic carbocycles. The summed E-state index contributed by atoms with van der Waals surface area (Å²) in [6.45, 7) is 0.768. The highest BCUT2D eigenvalue weighted by Crippen LogP contribution is 2.31. The van der Waals surface area contributed by atoms with Crippen LogP contribution in [0, 0.1) is 11.8 Å². The van der Waals surface area contributed by atoms with Crippen LogP contribution in [0.4, 0.5) is 13.2 Å². The first-order valence-corrected chi connectivity index (χ1v) is 5.82. The molecule has 0 radical (unpaired) electrons. The first-order chi connectivity index (χ1) is 7.79. The van der Waals surface area contributed by atoms with Crippen LogP contribution in [0.1, 0.15) is 32.6 Å². The molecule has 2 N–H and O–H groups in total. The van der Waals surface area contributed by atoms with Crippen LogP contribution < -0.4 is 5.32 Å². The zero-order valence-electron chi connectivity index (χ0n) is 9.76. The predicted molar refractivity (Wildman–Crippen MR) is 56.6 cm³/mol. The van der Waals surface area contributed by atoms with Crippen LogP contribution in [0.25, 0.3) is 0 Å². The number of halogens is 3. The number of nitrogens with one attached hydrogen (secondary N) is 1. The Bertz CT molecular complexity index is 268. The van der Waals surface area contributed by atoms with Crippen molar-refractivity contribution in [3.8, 4) is 0 Å². The molecule has 3 nitrogen and oxygen atoms in total. The molecule has 3 atom stereocenters. The second kappa shape index (κ2) is 5.71. The van der Waals surface area contributed by atoms with Gasteiger partial charge in [-0.25, -0.2) is 0 Å². The Labute approximate surface area is 98.4 Å². The van der Waals surface area contributed by atoms with Crippen molar-refractivity contribution < 1.29 is 23.1 Å². The molecule has 17 heavy (non-hydrogen) atoms. The quantitative estimate of drug-likeness (QED) is 0.809. The van der Waals surface area contributed by atoms with Gasteiger partial charge in [0.1, 0.15) is 6.04 Å². The van der Waals surface area contributed by atoms with Gasteiger partial charge in [-0.05, 0) is 24.7 Å². The number of hydrogen-bond acceptors (Lipinski definition) is 2. The number of aliphatic carboxylic acids is 1. The monoisotopic (exact) mass is 253 g/mol. The Kier molecular flexibility index (Phi) is 4.80. The van der Waals surface area contributed by atoms with E-state index in [1.54, 1.807) is 0 Å². The SMILES string of the molecule is CC1CCCC(C(NCC(F)(F)F)C(=O)O)C1. The van der Waals surface area contributed by atoms with Crippen LogP contribution in [-0.4, -0.2) is 29.8 Å². The molecule has 0 spiro atoms. The highest BCUT2D eigenvalue weighted by molar-refractivity contribution is 5.73. The number of carboxylic acids is 1. The molecule has 0 aliphatic heterocycles. The molecule has 1 rings (SSSR count). The van der Waals surface area contributed by atoms with E-state index in [1.165, 1.54) is 0 Å². The fraction of sp³-hybridized carbons (Fsp3) is 0.909. The summed E-state index contributed by atoms with van der Waals surface area (Å²) in [5, 5.41) is 11.1. The zero-order chi connectivity index (χ0) is 13.1. The minimum atomic E-state index is -4.37. The molecule has 1 aliphatic rings. The number of alkyl halides is 3. The van der Waals surface area contributed by atoms with Gasteiger partial charge in [-0.2, -0.15) is 13.2 Å². The van der Waals surface area contributed by atoms with E-state index >= 15 is 0 Å². The Balaban J connectivity index is 2.56. The lowest BCUT2D eigenvalue weighted by Gasteiger charge is -2.31. The second-order valence-corrected chi connectivity index (χ2v) is 4.84. The normalized spacial score (nSPS) is 27.8. The minimum absolute atomic E-state index is 0.196. The van der Waals surface area contributed by atoms with Gasteiger partial charge >= 0.3 is 12.1 Å². The Morgan fingerprint density at radius 3 is 2.59 bits per heavy atom. The van der Waals surface area contributed by atoms with Crippen molar-refractivity contribution in [2.45, 2.75) is 44.8 Å². The van der Waals surface area contributed by atoms with Crippen molar-refractivity contribution in [2.24, 2.45) is 11.8 Å². The van der Waals surface area contributed by atoms with E-state index in [-0.39, 0.29) is 5.92 Å². The maximum atomic E-state index is 12.1. The van der Waals surface area contributed by atoms with E-state index in [0.717, 1.165) is 12.8 Å². The topological polar surface area (TPSA) is 49.3 Å². The summed E-state index contributed by atoms with van der Waals surface area (Å²) in [6.07, 6.45) is -1.08. The number of hydrogen-bond donors (Lipinski definition) is 2. The summed E-state index contributed by atoms with van der Waals surface area (Å²) in [7, 11) is 0. The van der Waals surface area contributed by atoms with E-state index < -0.39 is 24.7 Å². The van der Waals surface area contributed by atoms with E-state index in [0.29, 0.717) is 18.8 Å². The standard InChI is InChI=1S/C11H18F3NO2/c1-7-3-2-4-8(5-7)9(10(16)17)15-6-11(12,13)14/h7-9,15H,2-6H2,1H3,(H,16,17). The molecule has 0 aromatic rings. The van der Waals surface area contributed by atoms with Gasteiger partial charge in [0.25, 0.3) is 0 Å². The van der Waals surface area contributed by atoms with Gasteiger partial charge in [-0.3, -0.25) is 10.1 Å². The summed E-state index contributed by atoms with van der Waals surface area (Å²) in [4.78, 5) is 11.0. The molecule has 1 aliphatic carbocycles. The first kappa shape index (κ1) is 14.3. The van der Waals surface area contributed by atoms with E-state index in [4.69, 9.17) is 5.11 Å². The Morgan fingerprint density at radius 2 is 2.12 bits per heavy atom. The number of carboxylic acid groups (broad SMARTS) is 1. The van der Waals surface area contributed by atoms with Gasteiger partial charge in [0, 0.05) is 0 Å². The fourth-order valence-corrected chi connectivity index (χ4v) is 2.47. The van der Waals surface area contributed by atoms with Crippen molar-refractivity contribution in [3.63, 3.8) is 0 Å². The van der Waals surface area contributed by atoms with Crippen LogP contribution in [-0.2, 0) is 4.79 Å². The molecule has 0 heterocycles. The number of carbonyl (C=O) groups is 1. The molecule has 0 aromatic heterocycles. The smallest absolute Gasteiger partial charge is 0.401 e. The third kappa shape index (κ3) is 4.93. The van der Waals surface area contributed by atoms with Gasteiger partial charge < -0.3 is 5.11 Å². The lowest BCUT2D eigenvalue weighted by atomic mass is 9.78. The van der Waals surface area contributed by atoms with Crippen LogP contribution in [0.3, 0.4) is 0 Å². The molecule has 0 amide bonds. The fourth-order valence-electron chi connectivity index (χ4n) is 2.47. The number of rotatable bonds is 4. The maximum Gasteiger partial charge on any atom is 0.401 e. The lowest BCUT2D eigenvalue weighted by Crippen LogP contribution is -2.47. The van der Waals surface area contributed by atoms with Crippen molar-refractivity contribution in [1.82, 2.24) is 5.32 Å². The third-order valence-corrected chi connectivity index (χ3v) is 3.24. The highest BCUT2D eigenvalue weighted by Gasteiger charge is 2.35. The van der Waals surface area contributed by atoms with Crippen molar-refractivity contribution in [1.29, 1.82) is 0 Å². The summed E-state index contributed by atoms with van der Waals surface area (Å²) < 4.78 is 36.2. The summed E-state index contributed by atoms with van der Waals surface area (Å²) in [5.41, 5.74) is 0. The van der Waals surface area contributed by atoms with Crippen LogP contribution >= 0.6 is 0 Å². The Morgan fingerprint density at radius 1 is 1.47 bits per heavy atom. The van der Waals surface area contributed by atoms with Crippen molar-refractivity contribution >= 4 is 5.97 Å². The first-order valence-electron chi connectivity index (χ1n) is 5.82. The van der Waals surface area contributed by atoms with Gasteiger partial charge in [0.2, 0.25) is 0 Å². The molecule has 6 heteroatoms. The predicted octanol–water partition coefficient (Wildman–Crippen LogP) is 2.42. The molecule has 3 unspecified atom stereocenters. The largest absolute Gasteiger partial charge is 0.480 e. The minimum Gasteiger partial charge on any atom is -0.480 e. The van der Waals surface area contributed by atoms with Gasteiger partial charge in [0.05, 0.1) is 6.54 Å². The summed E-state index contributed by atoms with van der Waals surface area (Å²) >= 11 is 0. The lowest BCUT2D eigenvalue weighted by molar-refractivity contribution is -0.146. The molecule has 0 saturated heterocycles. The average Bonchev–Trinajstić information content (AvgIpc) is 2.15. The van der Waals surface area contributed by atoms with Crippen LogP contribution in [0.2, 0.25) is 0 Å². The van der Waals surface area contributed by atoms with E-state index in [1.807, 2.05) is 6.92 Å². The third-order valence-electron chi connectivity index (χ3n) is 3.24. The van der Waals surface area contributed by atoms with Crippen LogP contribution in [0.15, 0.2) is 0 Å². The van der Waals surface area contributed by atoms with Crippen molar-refractivity contribution in [2.75, 3.05) is 6.54 Å².